The predicted octanol–water partition coefficient (Wildman–Crippen LogP) is 3.57. The standard InChI is InChI=1S/C11H14ClFO/c1-8(5-6-12)10-7-9(13)3-4-11(10)14-2/h3-4,7-8H,5-6H2,1-2H3. The van der Waals surface area contributed by atoms with Crippen LogP contribution in [-0.2, 0) is 0 Å². The fraction of sp³-hybridized carbons (Fsp3) is 0.455. The van der Waals surface area contributed by atoms with Gasteiger partial charge in [-0.3, -0.25) is 0 Å². The van der Waals surface area contributed by atoms with Gasteiger partial charge in [-0.15, -0.1) is 11.6 Å². The van der Waals surface area contributed by atoms with Gasteiger partial charge in [0.15, 0.2) is 0 Å². The number of rotatable bonds is 4. The first-order chi connectivity index (χ1) is 6.69. The molecule has 0 aliphatic rings. The highest BCUT2D eigenvalue weighted by molar-refractivity contribution is 6.17. The minimum absolute atomic E-state index is 0.221. The molecular formula is C11H14ClFO. The molecule has 0 saturated carbocycles. The van der Waals surface area contributed by atoms with Crippen molar-refractivity contribution in [2.75, 3.05) is 13.0 Å². The highest BCUT2D eigenvalue weighted by Crippen LogP contribution is 2.29. The molecule has 0 aliphatic heterocycles. The van der Waals surface area contributed by atoms with Gasteiger partial charge in [0.25, 0.3) is 0 Å². The quantitative estimate of drug-likeness (QED) is 0.700. The normalized spacial score (nSPS) is 12.6. The molecule has 3 heteroatoms. The fourth-order valence-electron chi connectivity index (χ4n) is 1.41. The average Bonchev–Trinajstić information content (AvgIpc) is 2.18. The van der Waals surface area contributed by atoms with Crippen molar-refractivity contribution in [2.24, 2.45) is 0 Å². The Labute approximate surface area is 88.8 Å². The SMILES string of the molecule is COc1ccc(F)cc1C(C)CCCl. The van der Waals surface area contributed by atoms with Crippen molar-refractivity contribution in [3.63, 3.8) is 0 Å². The van der Waals surface area contributed by atoms with Crippen molar-refractivity contribution in [3.8, 4) is 5.75 Å². The highest BCUT2D eigenvalue weighted by Gasteiger charge is 2.11. The maximum Gasteiger partial charge on any atom is 0.123 e. The van der Waals surface area contributed by atoms with Gasteiger partial charge in [-0.2, -0.15) is 0 Å². The second kappa shape index (κ2) is 5.20. The molecule has 0 spiro atoms. The summed E-state index contributed by atoms with van der Waals surface area (Å²) in [6.45, 7) is 2.01. The van der Waals surface area contributed by atoms with Crippen molar-refractivity contribution in [1.29, 1.82) is 0 Å². The van der Waals surface area contributed by atoms with Crippen LogP contribution in [0.5, 0.6) is 5.75 Å². The lowest BCUT2D eigenvalue weighted by Crippen LogP contribution is -1.99. The molecule has 0 saturated heterocycles. The maximum atomic E-state index is 13.0. The number of ether oxygens (including phenoxy) is 1. The monoisotopic (exact) mass is 216 g/mol. The Morgan fingerprint density at radius 1 is 1.50 bits per heavy atom. The summed E-state index contributed by atoms with van der Waals surface area (Å²) in [6, 6.07) is 4.56. The van der Waals surface area contributed by atoms with Gasteiger partial charge in [-0.25, -0.2) is 4.39 Å². The highest BCUT2D eigenvalue weighted by atomic mass is 35.5. The first-order valence-electron chi connectivity index (χ1n) is 4.58. The molecule has 0 aromatic heterocycles. The molecule has 1 rings (SSSR count). The van der Waals surface area contributed by atoms with Crippen LogP contribution >= 0.6 is 11.6 Å². The predicted molar refractivity (Wildman–Crippen MR) is 56.7 cm³/mol. The smallest absolute Gasteiger partial charge is 0.123 e. The molecule has 1 unspecified atom stereocenters. The van der Waals surface area contributed by atoms with Crippen LogP contribution < -0.4 is 4.74 Å². The summed E-state index contributed by atoms with van der Waals surface area (Å²) in [7, 11) is 1.59. The molecule has 78 valence electrons. The third-order valence-corrected chi connectivity index (χ3v) is 2.48. The van der Waals surface area contributed by atoms with Crippen molar-refractivity contribution < 1.29 is 9.13 Å². The summed E-state index contributed by atoms with van der Waals surface area (Å²) < 4.78 is 18.2. The van der Waals surface area contributed by atoms with Gasteiger partial charge in [0, 0.05) is 5.88 Å². The molecule has 1 atom stereocenters. The van der Waals surface area contributed by atoms with Crippen LogP contribution in [-0.4, -0.2) is 13.0 Å². The fourth-order valence-corrected chi connectivity index (χ4v) is 1.74. The van der Waals surface area contributed by atoms with Crippen molar-refractivity contribution in [2.45, 2.75) is 19.3 Å². The van der Waals surface area contributed by atoms with Crippen LogP contribution in [0.2, 0.25) is 0 Å². The topological polar surface area (TPSA) is 9.23 Å². The maximum absolute atomic E-state index is 13.0. The zero-order valence-corrected chi connectivity index (χ0v) is 9.14. The van der Waals surface area contributed by atoms with Crippen LogP contribution in [0.3, 0.4) is 0 Å². The van der Waals surface area contributed by atoms with Crippen molar-refractivity contribution in [3.05, 3.63) is 29.6 Å². The zero-order valence-electron chi connectivity index (χ0n) is 8.39. The van der Waals surface area contributed by atoms with E-state index in [-0.39, 0.29) is 11.7 Å². The van der Waals surface area contributed by atoms with E-state index in [0.29, 0.717) is 5.88 Å². The molecular weight excluding hydrogens is 203 g/mol. The van der Waals surface area contributed by atoms with Crippen LogP contribution in [0, 0.1) is 5.82 Å². The Bertz CT molecular complexity index is 301. The molecule has 0 heterocycles. The molecule has 0 bridgehead atoms. The lowest BCUT2D eigenvalue weighted by Gasteiger charge is -2.14. The largest absolute Gasteiger partial charge is 0.496 e. The van der Waals surface area contributed by atoms with E-state index in [1.807, 2.05) is 6.92 Å². The van der Waals surface area contributed by atoms with Crippen LogP contribution in [0.15, 0.2) is 18.2 Å². The minimum Gasteiger partial charge on any atom is -0.496 e. The van der Waals surface area contributed by atoms with Gasteiger partial charge in [0.2, 0.25) is 0 Å². The van der Waals surface area contributed by atoms with Crippen molar-refractivity contribution in [1.82, 2.24) is 0 Å². The molecule has 14 heavy (non-hydrogen) atoms. The molecule has 1 aromatic carbocycles. The molecule has 0 radical (unpaired) electrons. The van der Waals surface area contributed by atoms with E-state index < -0.39 is 0 Å². The van der Waals surface area contributed by atoms with E-state index >= 15 is 0 Å². The van der Waals surface area contributed by atoms with E-state index in [1.165, 1.54) is 12.1 Å². The van der Waals surface area contributed by atoms with Gasteiger partial charge < -0.3 is 4.74 Å². The third kappa shape index (κ3) is 2.61. The lowest BCUT2D eigenvalue weighted by atomic mass is 9.97. The summed E-state index contributed by atoms with van der Waals surface area (Å²) in [5.74, 6) is 1.28. The number of alkyl halides is 1. The zero-order chi connectivity index (χ0) is 10.6. The summed E-state index contributed by atoms with van der Waals surface area (Å²) in [4.78, 5) is 0. The van der Waals surface area contributed by atoms with Gasteiger partial charge in [-0.1, -0.05) is 6.92 Å². The van der Waals surface area contributed by atoms with E-state index in [2.05, 4.69) is 0 Å². The number of hydrogen-bond donors (Lipinski definition) is 0. The molecule has 1 aromatic rings. The van der Waals surface area contributed by atoms with Crippen LogP contribution in [0.25, 0.3) is 0 Å². The third-order valence-electron chi connectivity index (χ3n) is 2.26. The van der Waals surface area contributed by atoms with Gasteiger partial charge in [0.1, 0.15) is 11.6 Å². The van der Waals surface area contributed by atoms with Crippen LogP contribution in [0.4, 0.5) is 4.39 Å². The summed E-state index contributed by atoms with van der Waals surface area (Å²) >= 11 is 5.65. The van der Waals surface area contributed by atoms with E-state index in [1.54, 1.807) is 13.2 Å². The van der Waals surface area contributed by atoms with E-state index in [4.69, 9.17) is 16.3 Å². The molecule has 1 nitrogen and oxygen atoms in total. The number of methoxy groups -OCH3 is 1. The average molecular weight is 217 g/mol. The summed E-state index contributed by atoms with van der Waals surface area (Å²) in [6.07, 6.45) is 0.821. The van der Waals surface area contributed by atoms with Gasteiger partial charge >= 0.3 is 0 Å². The first kappa shape index (κ1) is 11.3. The van der Waals surface area contributed by atoms with E-state index in [9.17, 15) is 4.39 Å². The molecule has 0 N–H and O–H groups in total. The van der Waals surface area contributed by atoms with Crippen LogP contribution in [0.1, 0.15) is 24.8 Å². The Balaban J connectivity index is 2.97. The van der Waals surface area contributed by atoms with Crippen molar-refractivity contribution >= 4 is 11.6 Å². The Kier molecular flexibility index (Phi) is 4.21. The second-order valence-corrected chi connectivity index (χ2v) is 3.64. The lowest BCUT2D eigenvalue weighted by molar-refractivity contribution is 0.404. The Morgan fingerprint density at radius 2 is 2.21 bits per heavy atom. The van der Waals surface area contributed by atoms with E-state index in [0.717, 1.165) is 17.7 Å². The minimum atomic E-state index is -0.234. The molecule has 0 amide bonds. The Morgan fingerprint density at radius 3 is 2.79 bits per heavy atom. The summed E-state index contributed by atoms with van der Waals surface area (Å²) in [5.41, 5.74) is 0.883. The van der Waals surface area contributed by atoms with Gasteiger partial charge in [0.05, 0.1) is 7.11 Å². The van der Waals surface area contributed by atoms with Gasteiger partial charge in [-0.05, 0) is 36.1 Å². The number of hydrogen-bond acceptors (Lipinski definition) is 1. The summed E-state index contributed by atoms with van der Waals surface area (Å²) in [5, 5.41) is 0. The second-order valence-electron chi connectivity index (χ2n) is 3.26. The molecule has 0 fully saturated rings. The number of halogens is 2. The number of benzene rings is 1. The Hall–Kier alpha value is -0.760. The molecule has 0 aliphatic carbocycles. The first-order valence-corrected chi connectivity index (χ1v) is 5.12.